The Morgan fingerprint density at radius 3 is 2.75 bits per heavy atom. The number of carbonyl (C=O) groups excluding carboxylic acids is 1. The number of non-ortho nitro benzene ring substituents is 1. The van der Waals surface area contributed by atoms with Crippen LogP contribution in [0.25, 0.3) is 17.4 Å². The minimum absolute atomic E-state index is 0.0677. The lowest BCUT2D eigenvalue weighted by molar-refractivity contribution is -0.384. The summed E-state index contributed by atoms with van der Waals surface area (Å²) in [5, 5.41) is 31.9. The molecule has 4 rings (SSSR count). The third kappa shape index (κ3) is 5.63. The molecule has 0 saturated heterocycles. The quantitative estimate of drug-likeness (QED) is 0.145. The first kappa shape index (κ1) is 24.3. The molecule has 11 heteroatoms. The van der Waals surface area contributed by atoms with Gasteiger partial charge in [-0.05, 0) is 43.2 Å². The molecule has 0 saturated carbocycles. The van der Waals surface area contributed by atoms with Crippen LogP contribution in [0.5, 0.6) is 5.75 Å². The van der Waals surface area contributed by atoms with Crippen molar-refractivity contribution in [2.24, 2.45) is 0 Å². The van der Waals surface area contributed by atoms with E-state index >= 15 is 0 Å². The number of nitrogens with one attached hydrogen (secondary N) is 1. The largest absolute Gasteiger partial charge is 0.486 e. The number of hydrogen-bond donors (Lipinski definition) is 1. The van der Waals surface area contributed by atoms with E-state index in [9.17, 15) is 20.2 Å². The molecule has 2 aromatic heterocycles. The standard InChI is InChI=1S/C25H19N5O5S/c1-15-7-8-18(30(32)33)12-20(15)22-10-9-19(35-22)11-17(13-26)24(31)27-25-29-28-23(36-25)14-34-21-6-4-3-5-16(21)2/h3-12H,14H2,1-2H3,(H,27,29,31). The molecule has 0 bridgehead atoms. The number of nitriles is 1. The summed E-state index contributed by atoms with van der Waals surface area (Å²) < 4.78 is 11.5. The van der Waals surface area contributed by atoms with Gasteiger partial charge in [0.25, 0.3) is 11.6 Å². The Morgan fingerprint density at radius 1 is 1.19 bits per heavy atom. The van der Waals surface area contributed by atoms with Gasteiger partial charge >= 0.3 is 0 Å². The van der Waals surface area contributed by atoms with Crippen LogP contribution < -0.4 is 10.1 Å². The molecule has 0 atom stereocenters. The zero-order valence-electron chi connectivity index (χ0n) is 19.2. The molecule has 180 valence electrons. The minimum Gasteiger partial charge on any atom is -0.486 e. The van der Waals surface area contributed by atoms with Gasteiger partial charge in [-0.1, -0.05) is 35.6 Å². The Kier molecular flexibility index (Phi) is 7.17. The first-order valence-electron chi connectivity index (χ1n) is 10.6. The molecule has 0 unspecified atom stereocenters. The Balaban J connectivity index is 1.44. The maximum atomic E-state index is 12.6. The lowest BCUT2D eigenvalue weighted by Crippen LogP contribution is -2.13. The Hall–Kier alpha value is -4.82. The van der Waals surface area contributed by atoms with Gasteiger partial charge in [0, 0.05) is 23.8 Å². The van der Waals surface area contributed by atoms with E-state index in [2.05, 4.69) is 15.5 Å². The van der Waals surface area contributed by atoms with Crippen molar-refractivity contribution in [2.45, 2.75) is 20.5 Å². The van der Waals surface area contributed by atoms with E-state index in [1.54, 1.807) is 25.1 Å². The van der Waals surface area contributed by atoms with Gasteiger partial charge in [-0.25, -0.2) is 0 Å². The maximum absolute atomic E-state index is 12.6. The van der Waals surface area contributed by atoms with Crippen molar-refractivity contribution in [3.63, 3.8) is 0 Å². The molecular weight excluding hydrogens is 482 g/mol. The fourth-order valence-electron chi connectivity index (χ4n) is 3.24. The number of para-hydroxylation sites is 1. The molecule has 2 heterocycles. The molecule has 0 spiro atoms. The van der Waals surface area contributed by atoms with E-state index in [0.29, 0.717) is 16.3 Å². The molecule has 0 radical (unpaired) electrons. The number of nitrogens with zero attached hydrogens (tertiary/aromatic N) is 4. The van der Waals surface area contributed by atoms with E-state index in [1.807, 2.05) is 37.3 Å². The monoisotopic (exact) mass is 501 g/mol. The van der Waals surface area contributed by atoms with Crippen LogP contribution in [0.2, 0.25) is 0 Å². The zero-order valence-corrected chi connectivity index (χ0v) is 20.0. The normalized spacial score (nSPS) is 11.1. The molecule has 10 nitrogen and oxygen atoms in total. The molecule has 0 aliphatic heterocycles. The van der Waals surface area contributed by atoms with Gasteiger partial charge in [-0.2, -0.15) is 5.26 Å². The third-order valence-electron chi connectivity index (χ3n) is 5.11. The first-order valence-corrected chi connectivity index (χ1v) is 11.4. The number of hydrogen-bond acceptors (Lipinski definition) is 9. The highest BCUT2D eigenvalue weighted by atomic mass is 32.1. The number of carbonyl (C=O) groups is 1. The molecule has 4 aromatic rings. The van der Waals surface area contributed by atoms with E-state index in [0.717, 1.165) is 28.2 Å². The van der Waals surface area contributed by atoms with Crippen LogP contribution in [0.15, 0.2) is 64.6 Å². The highest BCUT2D eigenvalue weighted by Crippen LogP contribution is 2.30. The van der Waals surface area contributed by atoms with Crippen molar-refractivity contribution in [2.75, 3.05) is 5.32 Å². The van der Waals surface area contributed by atoms with Crippen LogP contribution in [0.1, 0.15) is 21.9 Å². The Labute approximate surface area is 209 Å². The number of anilines is 1. The first-order chi connectivity index (χ1) is 17.3. The molecule has 0 fully saturated rings. The molecular formula is C25H19N5O5S. The van der Waals surface area contributed by atoms with Crippen LogP contribution >= 0.6 is 11.3 Å². The van der Waals surface area contributed by atoms with Crippen molar-refractivity contribution < 1.29 is 18.9 Å². The highest BCUT2D eigenvalue weighted by molar-refractivity contribution is 7.15. The van der Waals surface area contributed by atoms with Gasteiger partial charge in [0.15, 0.2) is 5.01 Å². The number of nitro groups is 1. The number of furan rings is 1. The van der Waals surface area contributed by atoms with Gasteiger partial charge in [0.05, 0.1) is 4.92 Å². The van der Waals surface area contributed by atoms with Gasteiger partial charge in [0.2, 0.25) is 5.13 Å². The topological polar surface area (TPSA) is 144 Å². The SMILES string of the molecule is Cc1ccccc1OCc1nnc(NC(=O)C(C#N)=Cc2ccc(-c3cc([N+](=O)[O-])ccc3C)o2)s1. The second-order valence-electron chi connectivity index (χ2n) is 7.64. The van der Waals surface area contributed by atoms with Crippen molar-refractivity contribution in [1.82, 2.24) is 10.2 Å². The molecule has 1 N–H and O–H groups in total. The van der Waals surface area contributed by atoms with Gasteiger partial charge in [-0.3, -0.25) is 20.2 Å². The number of aryl methyl sites for hydroxylation is 2. The second kappa shape index (κ2) is 10.6. The Morgan fingerprint density at radius 2 is 2.00 bits per heavy atom. The van der Waals surface area contributed by atoms with Gasteiger partial charge in [0.1, 0.15) is 35.5 Å². The molecule has 1 amide bonds. The lowest BCUT2D eigenvalue weighted by Gasteiger charge is -2.06. The van der Waals surface area contributed by atoms with Crippen molar-refractivity contribution >= 4 is 34.1 Å². The predicted molar refractivity (Wildman–Crippen MR) is 133 cm³/mol. The summed E-state index contributed by atoms with van der Waals surface area (Å²) >= 11 is 1.13. The highest BCUT2D eigenvalue weighted by Gasteiger charge is 2.16. The number of ether oxygens (including phenoxy) is 1. The van der Waals surface area contributed by atoms with E-state index in [-0.39, 0.29) is 28.8 Å². The third-order valence-corrected chi connectivity index (χ3v) is 5.92. The van der Waals surface area contributed by atoms with Crippen LogP contribution in [-0.2, 0) is 11.4 Å². The fourth-order valence-corrected chi connectivity index (χ4v) is 3.89. The average Bonchev–Trinajstić information content (AvgIpc) is 3.51. The van der Waals surface area contributed by atoms with Crippen LogP contribution in [0.3, 0.4) is 0 Å². The van der Waals surface area contributed by atoms with Gasteiger partial charge in [-0.15, -0.1) is 10.2 Å². The van der Waals surface area contributed by atoms with E-state index in [4.69, 9.17) is 9.15 Å². The van der Waals surface area contributed by atoms with Crippen LogP contribution in [0.4, 0.5) is 10.8 Å². The molecule has 0 aliphatic carbocycles. The summed E-state index contributed by atoms with van der Waals surface area (Å²) in [6, 6.07) is 17.1. The summed E-state index contributed by atoms with van der Waals surface area (Å²) in [6.45, 7) is 3.92. The van der Waals surface area contributed by atoms with Gasteiger partial charge < -0.3 is 9.15 Å². The zero-order chi connectivity index (χ0) is 25.7. The number of benzene rings is 2. The summed E-state index contributed by atoms with van der Waals surface area (Å²) in [4.78, 5) is 23.2. The Bertz CT molecular complexity index is 1520. The molecule has 36 heavy (non-hydrogen) atoms. The number of rotatable bonds is 8. The summed E-state index contributed by atoms with van der Waals surface area (Å²) in [7, 11) is 0. The van der Waals surface area contributed by atoms with Crippen molar-refractivity contribution in [3.8, 4) is 23.1 Å². The number of aromatic nitrogens is 2. The minimum atomic E-state index is -0.676. The smallest absolute Gasteiger partial charge is 0.270 e. The summed E-state index contributed by atoms with van der Waals surface area (Å²) in [6.07, 6.45) is 1.29. The predicted octanol–water partition coefficient (Wildman–Crippen LogP) is 5.45. The van der Waals surface area contributed by atoms with Crippen LogP contribution in [0, 0.1) is 35.3 Å². The van der Waals surface area contributed by atoms with Crippen LogP contribution in [-0.4, -0.2) is 21.0 Å². The number of amides is 1. The number of nitro benzene ring substituents is 1. The van der Waals surface area contributed by atoms with E-state index < -0.39 is 10.8 Å². The van der Waals surface area contributed by atoms with Crippen molar-refractivity contribution in [1.29, 1.82) is 5.26 Å². The summed E-state index contributed by atoms with van der Waals surface area (Å²) in [5.41, 5.74) is 2.03. The molecule has 0 aliphatic rings. The van der Waals surface area contributed by atoms with E-state index in [1.165, 1.54) is 18.2 Å². The maximum Gasteiger partial charge on any atom is 0.270 e. The van der Waals surface area contributed by atoms with Crippen molar-refractivity contribution in [3.05, 3.63) is 92.2 Å². The average molecular weight is 502 g/mol. The lowest BCUT2D eigenvalue weighted by atomic mass is 10.1. The summed E-state index contributed by atoms with van der Waals surface area (Å²) in [5.74, 6) is 0.672. The second-order valence-corrected chi connectivity index (χ2v) is 8.70. The molecule has 2 aromatic carbocycles. The fraction of sp³-hybridized carbons (Fsp3) is 0.120.